The van der Waals surface area contributed by atoms with E-state index in [0.717, 1.165) is 4.52 Å². The van der Waals surface area contributed by atoms with Crippen molar-refractivity contribution in [2.24, 2.45) is 0 Å². The van der Waals surface area contributed by atoms with Gasteiger partial charge in [0.15, 0.2) is 0 Å². The zero-order chi connectivity index (χ0) is 19.2. The normalized spacial score (nSPS) is 12.0. The van der Waals surface area contributed by atoms with E-state index < -0.39 is 52.3 Å². The highest BCUT2D eigenvalue weighted by Gasteiger charge is 2.30. The lowest BCUT2D eigenvalue weighted by Gasteiger charge is -2.16. The maximum absolute atomic E-state index is 14.2. The first-order valence-electron chi connectivity index (χ1n) is 6.64. The zero-order valence-corrected chi connectivity index (χ0v) is 14.5. The molecule has 2 aromatic heterocycles. The lowest BCUT2D eigenvalue weighted by molar-refractivity contribution is -0.115. The van der Waals surface area contributed by atoms with Gasteiger partial charge < -0.3 is 5.32 Å². The molecule has 0 bridgehead atoms. The summed E-state index contributed by atoms with van der Waals surface area (Å²) in [6.07, 6.45) is -4.66. The predicted octanol–water partition coefficient (Wildman–Crippen LogP) is 4.60. The van der Waals surface area contributed by atoms with Crippen LogP contribution in [0.15, 0.2) is 16.9 Å². The Morgan fingerprint density at radius 2 is 1.69 bits per heavy atom. The number of halogens is 8. The molecule has 0 spiro atoms. The van der Waals surface area contributed by atoms with Crippen molar-refractivity contribution in [1.82, 2.24) is 19.6 Å². The van der Waals surface area contributed by atoms with Gasteiger partial charge in [-0.25, -0.2) is 13.2 Å². The molecule has 0 unspecified atom stereocenters. The number of aromatic nitrogens is 4. The third-order valence-corrected chi connectivity index (χ3v) is 3.74. The van der Waals surface area contributed by atoms with Gasteiger partial charge in [0.1, 0.15) is 35.0 Å². The van der Waals surface area contributed by atoms with Crippen LogP contribution in [0, 0.1) is 17.5 Å². The number of anilines is 1. The Balaban J connectivity index is 2.32. The standard InChI is InChI=1S/C13H5BrClF6N5/c14-11-24-12-23-9(15)8(7-5(17)1-4(16)2-6(7)18)10(26(12)25-11)22-3-13(19,20)21/h1-2,22H,3H2. The highest BCUT2D eigenvalue weighted by Crippen LogP contribution is 2.38. The van der Waals surface area contributed by atoms with E-state index in [9.17, 15) is 26.3 Å². The highest BCUT2D eigenvalue weighted by atomic mass is 79.9. The van der Waals surface area contributed by atoms with Gasteiger partial charge in [0.25, 0.3) is 5.78 Å². The minimum atomic E-state index is -4.66. The molecule has 3 rings (SSSR count). The minimum absolute atomic E-state index is 0.0478. The first-order chi connectivity index (χ1) is 12.1. The van der Waals surface area contributed by atoms with Gasteiger partial charge in [-0.1, -0.05) is 11.6 Å². The molecule has 1 aromatic carbocycles. The van der Waals surface area contributed by atoms with E-state index in [1.807, 2.05) is 5.32 Å². The van der Waals surface area contributed by atoms with E-state index in [4.69, 9.17) is 11.6 Å². The molecule has 0 saturated carbocycles. The van der Waals surface area contributed by atoms with E-state index in [0.29, 0.717) is 12.1 Å². The molecule has 13 heteroatoms. The quantitative estimate of drug-likeness (QED) is 0.459. The van der Waals surface area contributed by atoms with Crippen LogP contribution in [0.5, 0.6) is 0 Å². The number of benzene rings is 1. The SMILES string of the molecule is Fc1cc(F)c(-c2c(Cl)nc3nc(Br)nn3c2NCC(F)(F)F)c(F)c1. The predicted molar refractivity (Wildman–Crippen MR) is 83.3 cm³/mol. The largest absolute Gasteiger partial charge is 0.405 e. The Labute approximate surface area is 154 Å². The molecule has 0 aliphatic heterocycles. The average molecular weight is 461 g/mol. The van der Waals surface area contributed by atoms with Crippen molar-refractivity contribution in [3.05, 3.63) is 39.5 Å². The van der Waals surface area contributed by atoms with Gasteiger partial charge in [-0.2, -0.15) is 27.7 Å². The van der Waals surface area contributed by atoms with E-state index in [1.165, 1.54) is 0 Å². The van der Waals surface area contributed by atoms with Crippen LogP contribution in [0.4, 0.5) is 32.2 Å². The molecule has 0 radical (unpaired) electrons. The molecule has 5 nitrogen and oxygen atoms in total. The second-order valence-corrected chi connectivity index (χ2v) is 6.00. The number of alkyl halides is 3. The number of fused-ring (bicyclic) bond motifs is 1. The third-order valence-electron chi connectivity index (χ3n) is 3.13. The van der Waals surface area contributed by atoms with Crippen molar-refractivity contribution in [3.63, 3.8) is 0 Å². The summed E-state index contributed by atoms with van der Waals surface area (Å²) in [6.45, 7) is -1.56. The average Bonchev–Trinajstić information content (AvgIpc) is 2.84. The summed E-state index contributed by atoms with van der Waals surface area (Å²) >= 11 is 8.85. The molecule has 0 aliphatic rings. The Kier molecular flexibility index (Phi) is 4.73. The van der Waals surface area contributed by atoms with Gasteiger partial charge in [0, 0.05) is 12.1 Å². The summed E-state index contributed by atoms with van der Waals surface area (Å²) in [5, 5.41) is 5.20. The van der Waals surface area contributed by atoms with Crippen LogP contribution in [-0.4, -0.2) is 32.3 Å². The van der Waals surface area contributed by atoms with E-state index >= 15 is 0 Å². The molecule has 1 N–H and O–H groups in total. The summed E-state index contributed by atoms with van der Waals surface area (Å²) in [5.41, 5.74) is -1.42. The van der Waals surface area contributed by atoms with Crippen molar-refractivity contribution in [2.45, 2.75) is 6.18 Å². The molecule has 138 valence electrons. The van der Waals surface area contributed by atoms with Crippen molar-refractivity contribution in [2.75, 3.05) is 11.9 Å². The fourth-order valence-corrected chi connectivity index (χ4v) is 2.78. The molecule has 0 atom stereocenters. The smallest absolute Gasteiger partial charge is 0.360 e. The van der Waals surface area contributed by atoms with Crippen LogP contribution < -0.4 is 5.32 Å². The fourth-order valence-electron chi connectivity index (χ4n) is 2.20. The van der Waals surface area contributed by atoms with Gasteiger partial charge in [0.2, 0.25) is 4.73 Å². The summed E-state index contributed by atoms with van der Waals surface area (Å²) in [5.74, 6) is -4.69. The monoisotopic (exact) mass is 459 g/mol. The maximum atomic E-state index is 14.2. The molecular weight excluding hydrogens is 456 g/mol. The molecule has 0 aliphatic carbocycles. The van der Waals surface area contributed by atoms with Crippen LogP contribution in [-0.2, 0) is 0 Å². The second-order valence-electron chi connectivity index (χ2n) is 4.93. The number of nitrogens with zero attached hydrogens (tertiary/aromatic N) is 4. The first-order valence-corrected chi connectivity index (χ1v) is 7.81. The first kappa shape index (κ1) is 18.7. The molecular formula is C13H5BrClF6N5. The highest BCUT2D eigenvalue weighted by molar-refractivity contribution is 9.10. The zero-order valence-electron chi connectivity index (χ0n) is 12.2. The fraction of sp³-hybridized carbons (Fsp3) is 0.154. The Morgan fingerprint density at radius 3 is 2.27 bits per heavy atom. The van der Waals surface area contributed by atoms with Gasteiger partial charge in [-0.05, 0) is 15.9 Å². The summed E-state index contributed by atoms with van der Waals surface area (Å²) < 4.78 is 80.1. The topological polar surface area (TPSA) is 55.1 Å². The summed E-state index contributed by atoms with van der Waals surface area (Å²) in [4.78, 5) is 7.54. The lowest BCUT2D eigenvalue weighted by Crippen LogP contribution is -2.23. The molecule has 0 amide bonds. The molecule has 2 heterocycles. The van der Waals surface area contributed by atoms with Gasteiger partial charge >= 0.3 is 6.18 Å². The van der Waals surface area contributed by atoms with Crippen LogP contribution in [0.1, 0.15) is 0 Å². The van der Waals surface area contributed by atoms with Gasteiger partial charge in [-0.15, -0.1) is 5.10 Å². The maximum Gasteiger partial charge on any atom is 0.405 e. The molecule has 0 saturated heterocycles. The van der Waals surface area contributed by atoms with Crippen molar-refractivity contribution in [1.29, 1.82) is 0 Å². The van der Waals surface area contributed by atoms with E-state index in [2.05, 4.69) is 31.0 Å². The molecule has 0 fully saturated rings. The van der Waals surface area contributed by atoms with Crippen LogP contribution >= 0.6 is 27.5 Å². The van der Waals surface area contributed by atoms with Crippen LogP contribution in [0.25, 0.3) is 16.9 Å². The van der Waals surface area contributed by atoms with E-state index in [-0.39, 0.29) is 10.5 Å². The van der Waals surface area contributed by atoms with Gasteiger partial charge in [0.05, 0.1) is 11.1 Å². The molecule has 26 heavy (non-hydrogen) atoms. The van der Waals surface area contributed by atoms with Crippen LogP contribution in [0.2, 0.25) is 5.15 Å². The lowest BCUT2D eigenvalue weighted by atomic mass is 10.1. The Bertz CT molecular complexity index is 982. The second kappa shape index (κ2) is 6.58. The summed E-state index contributed by atoms with van der Waals surface area (Å²) in [6, 6.07) is 0.730. The number of nitrogens with one attached hydrogen (secondary N) is 1. The Hall–Kier alpha value is -2.08. The van der Waals surface area contributed by atoms with Gasteiger partial charge in [-0.3, -0.25) is 0 Å². The number of hydrogen-bond donors (Lipinski definition) is 1. The van der Waals surface area contributed by atoms with Crippen LogP contribution in [0.3, 0.4) is 0 Å². The third kappa shape index (κ3) is 3.56. The Morgan fingerprint density at radius 1 is 1.08 bits per heavy atom. The molecule has 3 aromatic rings. The minimum Gasteiger partial charge on any atom is -0.360 e. The van der Waals surface area contributed by atoms with E-state index in [1.54, 1.807) is 0 Å². The van der Waals surface area contributed by atoms with Crippen molar-refractivity contribution in [3.8, 4) is 11.1 Å². The number of hydrogen-bond acceptors (Lipinski definition) is 4. The van der Waals surface area contributed by atoms with Crippen molar-refractivity contribution < 1.29 is 26.3 Å². The summed E-state index contributed by atoms with van der Waals surface area (Å²) in [7, 11) is 0. The van der Waals surface area contributed by atoms with Crippen molar-refractivity contribution >= 4 is 39.1 Å². The number of rotatable bonds is 3.